The first-order chi connectivity index (χ1) is 9.26. The average molecular weight is 278 g/mol. The lowest BCUT2D eigenvalue weighted by atomic mass is 10.1. The maximum absolute atomic E-state index is 5.99. The lowest BCUT2D eigenvalue weighted by Crippen LogP contribution is -2.31. The molecule has 3 heteroatoms. The van der Waals surface area contributed by atoms with Gasteiger partial charge in [0.2, 0.25) is 0 Å². The summed E-state index contributed by atoms with van der Waals surface area (Å²) in [5.41, 5.74) is 0.936. The molecule has 1 N–H and O–H groups in total. The second kappa shape index (κ2) is 5.56. The number of rotatable bonds is 6. The van der Waals surface area contributed by atoms with Gasteiger partial charge in [0.1, 0.15) is 11.3 Å². The van der Waals surface area contributed by atoms with E-state index in [9.17, 15) is 0 Å². The van der Waals surface area contributed by atoms with Gasteiger partial charge in [0.15, 0.2) is 0 Å². The minimum absolute atomic E-state index is 0.654. The van der Waals surface area contributed by atoms with E-state index in [1.165, 1.54) is 12.8 Å². The maximum atomic E-state index is 5.99. The van der Waals surface area contributed by atoms with Gasteiger partial charge in [-0.25, -0.2) is 0 Å². The van der Waals surface area contributed by atoms with Crippen LogP contribution in [0, 0.1) is 5.92 Å². The Morgan fingerprint density at radius 1 is 1.37 bits per heavy atom. The van der Waals surface area contributed by atoms with Crippen LogP contribution in [0.15, 0.2) is 28.7 Å². The molecule has 3 rings (SSSR count). The average Bonchev–Trinajstić information content (AvgIpc) is 3.15. The SMILES string of the molecule is CCNC(CCc1cc2cc(Cl)ccc2o1)C1CC1. The predicted molar refractivity (Wildman–Crippen MR) is 79.7 cm³/mol. The molecule has 1 aliphatic rings. The molecule has 1 heterocycles. The van der Waals surface area contributed by atoms with Crippen molar-refractivity contribution in [2.24, 2.45) is 5.92 Å². The van der Waals surface area contributed by atoms with E-state index < -0.39 is 0 Å². The lowest BCUT2D eigenvalue weighted by molar-refractivity contribution is 0.426. The highest BCUT2D eigenvalue weighted by molar-refractivity contribution is 6.31. The van der Waals surface area contributed by atoms with Crippen LogP contribution in [0.1, 0.15) is 31.9 Å². The first-order valence-electron chi connectivity index (χ1n) is 7.17. The smallest absolute Gasteiger partial charge is 0.134 e. The molecule has 19 heavy (non-hydrogen) atoms. The van der Waals surface area contributed by atoms with E-state index in [0.717, 1.165) is 47.1 Å². The van der Waals surface area contributed by atoms with Crippen LogP contribution in [0.5, 0.6) is 0 Å². The third kappa shape index (κ3) is 3.13. The van der Waals surface area contributed by atoms with Gasteiger partial charge in [-0.2, -0.15) is 0 Å². The highest BCUT2D eigenvalue weighted by atomic mass is 35.5. The number of furan rings is 1. The van der Waals surface area contributed by atoms with Crippen molar-refractivity contribution in [3.63, 3.8) is 0 Å². The molecule has 0 amide bonds. The minimum Gasteiger partial charge on any atom is -0.461 e. The standard InChI is InChI=1S/C16H20ClNO/c1-2-18-15(11-3-4-11)7-6-14-10-12-9-13(17)5-8-16(12)19-14/h5,8-11,15,18H,2-4,6-7H2,1H3. The number of aryl methyl sites for hydroxylation is 1. The summed E-state index contributed by atoms with van der Waals surface area (Å²) in [5, 5.41) is 5.47. The van der Waals surface area contributed by atoms with Crippen LogP contribution < -0.4 is 5.32 Å². The number of hydrogen-bond donors (Lipinski definition) is 1. The second-order valence-corrected chi connectivity index (χ2v) is 5.87. The molecule has 0 aliphatic heterocycles. The molecule has 1 unspecified atom stereocenters. The van der Waals surface area contributed by atoms with Gasteiger partial charge < -0.3 is 9.73 Å². The zero-order chi connectivity index (χ0) is 13.2. The molecule has 0 spiro atoms. The fourth-order valence-electron chi connectivity index (χ4n) is 2.76. The van der Waals surface area contributed by atoms with Crippen molar-refractivity contribution in [2.75, 3.05) is 6.54 Å². The van der Waals surface area contributed by atoms with Crippen LogP contribution in [-0.4, -0.2) is 12.6 Å². The molecule has 1 aromatic heterocycles. The number of fused-ring (bicyclic) bond motifs is 1. The van der Waals surface area contributed by atoms with Gasteiger partial charge in [0.25, 0.3) is 0 Å². The zero-order valence-electron chi connectivity index (χ0n) is 11.3. The van der Waals surface area contributed by atoms with Crippen molar-refractivity contribution in [1.82, 2.24) is 5.32 Å². The topological polar surface area (TPSA) is 25.2 Å². The molecule has 2 nitrogen and oxygen atoms in total. The summed E-state index contributed by atoms with van der Waals surface area (Å²) in [6, 6.07) is 8.57. The molecule has 0 saturated heterocycles. The summed E-state index contributed by atoms with van der Waals surface area (Å²) >= 11 is 5.99. The molecule has 1 aromatic carbocycles. The van der Waals surface area contributed by atoms with Gasteiger partial charge in [-0.1, -0.05) is 18.5 Å². The fraction of sp³-hybridized carbons (Fsp3) is 0.500. The maximum Gasteiger partial charge on any atom is 0.134 e. The molecule has 1 saturated carbocycles. The van der Waals surface area contributed by atoms with Crippen molar-refractivity contribution >= 4 is 22.6 Å². The number of nitrogens with one attached hydrogen (secondary N) is 1. The Labute approximate surface area is 119 Å². The quantitative estimate of drug-likeness (QED) is 0.846. The van der Waals surface area contributed by atoms with Gasteiger partial charge in [-0.05, 0) is 56.0 Å². The van der Waals surface area contributed by atoms with Gasteiger partial charge in [-0.15, -0.1) is 0 Å². The van der Waals surface area contributed by atoms with E-state index in [4.69, 9.17) is 16.0 Å². The Bertz CT molecular complexity index is 559. The zero-order valence-corrected chi connectivity index (χ0v) is 12.0. The second-order valence-electron chi connectivity index (χ2n) is 5.44. The molecule has 0 radical (unpaired) electrons. The third-order valence-electron chi connectivity index (χ3n) is 3.89. The van der Waals surface area contributed by atoms with Crippen molar-refractivity contribution < 1.29 is 4.42 Å². The Hall–Kier alpha value is -0.990. The van der Waals surface area contributed by atoms with E-state index >= 15 is 0 Å². The summed E-state index contributed by atoms with van der Waals surface area (Å²) in [7, 11) is 0. The summed E-state index contributed by atoms with van der Waals surface area (Å²) in [5.74, 6) is 1.96. The third-order valence-corrected chi connectivity index (χ3v) is 4.12. The van der Waals surface area contributed by atoms with Crippen LogP contribution >= 0.6 is 11.6 Å². The van der Waals surface area contributed by atoms with Crippen LogP contribution in [0.3, 0.4) is 0 Å². The Balaban J connectivity index is 1.67. The van der Waals surface area contributed by atoms with Gasteiger partial charge in [0.05, 0.1) is 0 Å². The van der Waals surface area contributed by atoms with E-state index in [-0.39, 0.29) is 0 Å². The molecule has 102 valence electrons. The molecule has 2 aromatic rings. The van der Waals surface area contributed by atoms with E-state index in [2.05, 4.69) is 18.3 Å². The Morgan fingerprint density at radius 2 is 2.21 bits per heavy atom. The minimum atomic E-state index is 0.654. The summed E-state index contributed by atoms with van der Waals surface area (Å²) in [6.45, 7) is 3.23. The Kier molecular flexibility index (Phi) is 3.81. The van der Waals surface area contributed by atoms with Crippen LogP contribution in [0.4, 0.5) is 0 Å². The molecule has 1 aliphatic carbocycles. The first kappa shape index (κ1) is 13.0. The fourth-order valence-corrected chi connectivity index (χ4v) is 2.94. The number of benzene rings is 1. The van der Waals surface area contributed by atoms with E-state index in [0.29, 0.717) is 6.04 Å². The molecule has 1 fully saturated rings. The van der Waals surface area contributed by atoms with E-state index in [1.807, 2.05) is 18.2 Å². The highest BCUT2D eigenvalue weighted by Gasteiger charge is 2.30. The van der Waals surface area contributed by atoms with Crippen LogP contribution in [0.2, 0.25) is 5.02 Å². The molecular weight excluding hydrogens is 258 g/mol. The highest BCUT2D eigenvalue weighted by Crippen LogP contribution is 2.34. The lowest BCUT2D eigenvalue weighted by Gasteiger charge is -2.16. The van der Waals surface area contributed by atoms with Crippen molar-refractivity contribution in [2.45, 2.75) is 38.6 Å². The van der Waals surface area contributed by atoms with Crippen LogP contribution in [0.25, 0.3) is 11.0 Å². The van der Waals surface area contributed by atoms with Crippen LogP contribution in [-0.2, 0) is 6.42 Å². The summed E-state index contributed by atoms with van der Waals surface area (Å²) < 4.78 is 5.87. The summed E-state index contributed by atoms with van der Waals surface area (Å²) in [6.07, 6.45) is 4.92. The Morgan fingerprint density at radius 3 is 2.95 bits per heavy atom. The normalized spacial score (nSPS) is 16.9. The van der Waals surface area contributed by atoms with Crippen molar-refractivity contribution in [3.05, 3.63) is 35.0 Å². The van der Waals surface area contributed by atoms with Gasteiger partial charge >= 0.3 is 0 Å². The van der Waals surface area contributed by atoms with Crippen molar-refractivity contribution in [1.29, 1.82) is 0 Å². The molecular formula is C16H20ClNO. The predicted octanol–water partition coefficient (Wildman–Crippen LogP) is 4.41. The van der Waals surface area contributed by atoms with Gasteiger partial charge in [0, 0.05) is 22.9 Å². The number of hydrogen-bond acceptors (Lipinski definition) is 2. The van der Waals surface area contributed by atoms with Crippen molar-refractivity contribution in [3.8, 4) is 0 Å². The van der Waals surface area contributed by atoms with Gasteiger partial charge in [-0.3, -0.25) is 0 Å². The molecule has 1 atom stereocenters. The first-order valence-corrected chi connectivity index (χ1v) is 7.55. The number of halogens is 1. The summed E-state index contributed by atoms with van der Waals surface area (Å²) in [4.78, 5) is 0. The monoisotopic (exact) mass is 277 g/mol. The largest absolute Gasteiger partial charge is 0.461 e. The molecule has 0 bridgehead atoms. The van der Waals surface area contributed by atoms with E-state index in [1.54, 1.807) is 0 Å².